The molecule has 1 aromatic rings. The van der Waals surface area contributed by atoms with Crippen molar-refractivity contribution in [3.8, 4) is 5.75 Å². The molecule has 0 radical (unpaired) electrons. The van der Waals surface area contributed by atoms with Crippen LogP contribution in [0.3, 0.4) is 0 Å². The van der Waals surface area contributed by atoms with E-state index in [1.165, 1.54) is 12.3 Å². The second kappa shape index (κ2) is 5.11. The Morgan fingerprint density at radius 1 is 1.56 bits per heavy atom. The fourth-order valence-electron chi connectivity index (χ4n) is 1.19. The molecule has 1 atom stereocenters. The molecule has 16 heavy (non-hydrogen) atoms. The molecule has 0 spiro atoms. The summed E-state index contributed by atoms with van der Waals surface area (Å²) in [6.07, 6.45) is 2.35. The predicted octanol–water partition coefficient (Wildman–Crippen LogP) is 0.380. The molecule has 0 fully saturated rings. The van der Waals surface area contributed by atoms with E-state index in [1.54, 1.807) is 6.92 Å². The highest BCUT2D eigenvalue weighted by Crippen LogP contribution is 2.13. The van der Waals surface area contributed by atoms with Gasteiger partial charge in [-0.1, -0.05) is 0 Å². The first kappa shape index (κ1) is 12.0. The lowest BCUT2D eigenvalue weighted by atomic mass is 10.2. The monoisotopic (exact) mass is 224 g/mol. The lowest BCUT2D eigenvalue weighted by Crippen LogP contribution is -2.34. The molecule has 0 bridgehead atoms. The van der Waals surface area contributed by atoms with Crippen LogP contribution in [-0.2, 0) is 4.79 Å². The van der Waals surface area contributed by atoms with Gasteiger partial charge in [0, 0.05) is 12.2 Å². The van der Waals surface area contributed by atoms with Crippen molar-refractivity contribution in [1.29, 1.82) is 0 Å². The van der Waals surface area contributed by atoms with E-state index >= 15 is 0 Å². The van der Waals surface area contributed by atoms with Crippen molar-refractivity contribution in [3.05, 3.63) is 24.0 Å². The van der Waals surface area contributed by atoms with Gasteiger partial charge in [-0.25, -0.2) is 0 Å². The molecule has 6 nitrogen and oxygen atoms in total. The number of aromatic nitrogens is 1. The van der Waals surface area contributed by atoms with E-state index in [0.29, 0.717) is 0 Å². The molecule has 1 aromatic heterocycles. The van der Waals surface area contributed by atoms with Crippen LogP contribution in [0.15, 0.2) is 18.5 Å². The molecule has 1 amide bonds. The number of nitrogens with one attached hydrogen (secondary N) is 1. The third kappa shape index (κ3) is 3.23. The third-order valence-corrected chi connectivity index (χ3v) is 1.90. The summed E-state index contributed by atoms with van der Waals surface area (Å²) >= 11 is 0. The van der Waals surface area contributed by atoms with E-state index in [4.69, 9.17) is 5.11 Å². The summed E-state index contributed by atoms with van der Waals surface area (Å²) in [5.74, 6) is -1.75. The molecule has 6 heteroatoms. The van der Waals surface area contributed by atoms with Crippen LogP contribution in [0.25, 0.3) is 0 Å². The number of rotatable bonds is 4. The second-order valence-corrected chi connectivity index (χ2v) is 3.37. The zero-order valence-electron chi connectivity index (χ0n) is 8.67. The second-order valence-electron chi connectivity index (χ2n) is 3.37. The number of carbonyl (C=O) groups excluding carboxylic acids is 1. The topological polar surface area (TPSA) is 99.5 Å². The normalized spacial score (nSPS) is 11.8. The highest BCUT2D eigenvalue weighted by Gasteiger charge is 2.15. The van der Waals surface area contributed by atoms with Crippen LogP contribution < -0.4 is 5.32 Å². The van der Waals surface area contributed by atoms with Crippen LogP contribution in [0, 0.1) is 0 Å². The molecule has 0 aliphatic carbocycles. The zero-order chi connectivity index (χ0) is 12.1. The Morgan fingerprint density at radius 3 is 2.81 bits per heavy atom. The third-order valence-electron chi connectivity index (χ3n) is 1.90. The quantitative estimate of drug-likeness (QED) is 0.686. The number of carbonyl (C=O) groups is 2. The molecular formula is C10H12N2O4. The smallest absolute Gasteiger partial charge is 0.305 e. The molecule has 0 saturated carbocycles. The van der Waals surface area contributed by atoms with E-state index in [9.17, 15) is 14.7 Å². The number of carboxylic acids is 1. The number of aromatic hydroxyl groups is 1. The number of amides is 1. The van der Waals surface area contributed by atoms with Crippen LogP contribution in [0.4, 0.5) is 0 Å². The molecule has 3 N–H and O–H groups in total. The van der Waals surface area contributed by atoms with Crippen molar-refractivity contribution in [2.24, 2.45) is 0 Å². The molecule has 0 saturated heterocycles. The van der Waals surface area contributed by atoms with Crippen LogP contribution in [0.2, 0.25) is 0 Å². The summed E-state index contributed by atoms with van der Waals surface area (Å²) in [5, 5.41) is 20.3. The van der Waals surface area contributed by atoms with Gasteiger partial charge in [0.1, 0.15) is 5.75 Å². The van der Waals surface area contributed by atoms with Crippen LogP contribution in [0.5, 0.6) is 5.75 Å². The first-order valence-corrected chi connectivity index (χ1v) is 4.66. The van der Waals surface area contributed by atoms with Crippen molar-refractivity contribution < 1.29 is 19.8 Å². The molecule has 0 aliphatic heterocycles. The highest BCUT2D eigenvalue weighted by molar-refractivity contribution is 5.96. The molecule has 1 rings (SSSR count). The van der Waals surface area contributed by atoms with Gasteiger partial charge < -0.3 is 15.5 Å². The Labute approximate surface area is 91.9 Å². The molecule has 0 aromatic carbocycles. The largest absolute Gasteiger partial charge is 0.505 e. The SMILES string of the molecule is CC(CC(=O)O)NC(=O)c1ccncc1O. The summed E-state index contributed by atoms with van der Waals surface area (Å²) < 4.78 is 0. The van der Waals surface area contributed by atoms with E-state index in [1.807, 2.05) is 0 Å². The van der Waals surface area contributed by atoms with Gasteiger partial charge >= 0.3 is 5.97 Å². The van der Waals surface area contributed by atoms with E-state index in [2.05, 4.69) is 10.3 Å². The standard InChI is InChI=1S/C10H12N2O4/c1-6(4-9(14)15)12-10(16)7-2-3-11-5-8(7)13/h2-3,5-6,13H,4H2,1H3,(H,12,16)(H,14,15). The van der Waals surface area contributed by atoms with Gasteiger partial charge in [0.15, 0.2) is 0 Å². The van der Waals surface area contributed by atoms with Gasteiger partial charge in [-0.15, -0.1) is 0 Å². The predicted molar refractivity (Wildman–Crippen MR) is 55.1 cm³/mol. The zero-order valence-corrected chi connectivity index (χ0v) is 8.67. The van der Waals surface area contributed by atoms with Crippen molar-refractivity contribution in [2.45, 2.75) is 19.4 Å². The van der Waals surface area contributed by atoms with Crippen molar-refractivity contribution in [3.63, 3.8) is 0 Å². The Kier molecular flexibility index (Phi) is 3.82. The lowest BCUT2D eigenvalue weighted by molar-refractivity contribution is -0.137. The molecule has 1 unspecified atom stereocenters. The average molecular weight is 224 g/mol. The van der Waals surface area contributed by atoms with Crippen LogP contribution in [-0.4, -0.2) is 33.1 Å². The van der Waals surface area contributed by atoms with Gasteiger partial charge in [-0.3, -0.25) is 14.6 Å². The van der Waals surface area contributed by atoms with Gasteiger partial charge in [-0.05, 0) is 13.0 Å². The lowest BCUT2D eigenvalue weighted by Gasteiger charge is -2.11. The van der Waals surface area contributed by atoms with E-state index < -0.39 is 17.9 Å². The summed E-state index contributed by atoms with van der Waals surface area (Å²) in [7, 11) is 0. The summed E-state index contributed by atoms with van der Waals surface area (Å²) in [6.45, 7) is 1.57. The van der Waals surface area contributed by atoms with Crippen molar-refractivity contribution >= 4 is 11.9 Å². The maximum atomic E-state index is 11.6. The van der Waals surface area contributed by atoms with Gasteiger partial charge in [0.05, 0.1) is 18.2 Å². The summed E-state index contributed by atoms with van der Waals surface area (Å²) in [4.78, 5) is 25.6. The summed E-state index contributed by atoms with van der Waals surface area (Å²) in [6, 6.07) is 0.857. The highest BCUT2D eigenvalue weighted by atomic mass is 16.4. The van der Waals surface area contributed by atoms with Crippen molar-refractivity contribution in [1.82, 2.24) is 10.3 Å². The average Bonchev–Trinajstić information content (AvgIpc) is 2.16. The minimum absolute atomic E-state index is 0.0761. The number of hydrogen-bond donors (Lipinski definition) is 3. The van der Waals surface area contributed by atoms with E-state index in [-0.39, 0.29) is 17.7 Å². The minimum Gasteiger partial charge on any atom is -0.505 e. The van der Waals surface area contributed by atoms with Crippen molar-refractivity contribution in [2.75, 3.05) is 0 Å². The Hall–Kier alpha value is -2.11. The van der Waals surface area contributed by atoms with E-state index in [0.717, 1.165) is 6.20 Å². The van der Waals surface area contributed by atoms with Gasteiger partial charge in [-0.2, -0.15) is 0 Å². The van der Waals surface area contributed by atoms with Gasteiger partial charge in [0.2, 0.25) is 0 Å². The number of carboxylic acid groups (broad SMARTS) is 1. The summed E-state index contributed by atoms with van der Waals surface area (Å²) in [5.41, 5.74) is 0.0761. The Balaban J connectivity index is 2.66. The molecular weight excluding hydrogens is 212 g/mol. The van der Waals surface area contributed by atoms with Crippen LogP contribution in [0.1, 0.15) is 23.7 Å². The first-order valence-electron chi connectivity index (χ1n) is 4.66. The molecule has 86 valence electrons. The minimum atomic E-state index is -0.994. The number of pyridine rings is 1. The maximum absolute atomic E-state index is 11.6. The number of hydrogen-bond acceptors (Lipinski definition) is 4. The maximum Gasteiger partial charge on any atom is 0.305 e. The van der Waals surface area contributed by atoms with Crippen LogP contribution >= 0.6 is 0 Å². The molecule has 0 aliphatic rings. The van der Waals surface area contributed by atoms with Gasteiger partial charge in [0.25, 0.3) is 5.91 Å². The fourth-order valence-corrected chi connectivity index (χ4v) is 1.19. The Bertz CT molecular complexity index is 406. The Morgan fingerprint density at radius 2 is 2.25 bits per heavy atom. The molecule has 1 heterocycles. The first-order chi connectivity index (χ1) is 7.50. The fraction of sp³-hybridized carbons (Fsp3) is 0.300. The number of nitrogens with zero attached hydrogens (tertiary/aromatic N) is 1. The number of aliphatic carboxylic acids is 1.